The van der Waals surface area contributed by atoms with Crippen LogP contribution in [-0.2, 0) is 27.4 Å². The minimum absolute atomic E-state index is 0.0889. The van der Waals surface area contributed by atoms with Crippen LogP contribution < -0.4 is 10.5 Å². The van der Waals surface area contributed by atoms with Crippen molar-refractivity contribution in [3.63, 3.8) is 0 Å². The highest BCUT2D eigenvalue weighted by Crippen LogP contribution is 2.35. The second kappa shape index (κ2) is 16.1. The minimum Gasteiger partial charge on any atom is -0.457 e. The van der Waals surface area contributed by atoms with E-state index >= 15 is 0 Å². The highest BCUT2D eigenvalue weighted by molar-refractivity contribution is 5.84. The van der Waals surface area contributed by atoms with Crippen molar-refractivity contribution in [3.8, 4) is 11.5 Å². The molecule has 3 aromatic carbocycles. The van der Waals surface area contributed by atoms with Gasteiger partial charge in [0, 0.05) is 50.4 Å². The maximum Gasteiger partial charge on any atom is 0.222 e. The number of ether oxygens (including phenoxy) is 3. The van der Waals surface area contributed by atoms with E-state index in [1.165, 1.54) is 19.3 Å². The zero-order chi connectivity index (χ0) is 31.6. The molecule has 0 radical (unpaired) electrons. The fourth-order valence-electron chi connectivity index (χ4n) is 7.22. The SMILES string of the molecule is NC1=Nc2ccc(Oc3ccccc3)cc2CN1C(CCC(=O)N(CCOCc1ccccc1)C1CCCCC1)C1CCOCC1. The van der Waals surface area contributed by atoms with E-state index in [9.17, 15) is 4.79 Å². The quantitative estimate of drug-likeness (QED) is 0.203. The van der Waals surface area contributed by atoms with Crippen LogP contribution in [0, 0.1) is 5.92 Å². The molecular formula is C38H48N4O4. The lowest BCUT2D eigenvalue weighted by Crippen LogP contribution is -2.50. The first-order chi connectivity index (χ1) is 22.6. The van der Waals surface area contributed by atoms with Gasteiger partial charge in [0.05, 0.1) is 18.9 Å². The Hall–Kier alpha value is -3.88. The van der Waals surface area contributed by atoms with Crippen molar-refractivity contribution in [2.45, 2.75) is 83.0 Å². The van der Waals surface area contributed by atoms with E-state index in [1.807, 2.05) is 60.7 Å². The first-order valence-electron chi connectivity index (χ1n) is 17.1. The minimum atomic E-state index is 0.0889. The third-order valence-electron chi connectivity index (χ3n) is 9.69. The van der Waals surface area contributed by atoms with E-state index in [1.54, 1.807) is 0 Å². The van der Waals surface area contributed by atoms with Gasteiger partial charge >= 0.3 is 0 Å². The number of rotatable bonds is 13. The number of hydrogen-bond donors (Lipinski definition) is 1. The summed E-state index contributed by atoms with van der Waals surface area (Å²) >= 11 is 0. The number of fused-ring (bicyclic) bond motifs is 1. The van der Waals surface area contributed by atoms with Gasteiger partial charge in [-0.15, -0.1) is 0 Å². The lowest BCUT2D eigenvalue weighted by molar-refractivity contribution is -0.135. The zero-order valence-electron chi connectivity index (χ0n) is 26.9. The van der Waals surface area contributed by atoms with E-state index in [-0.39, 0.29) is 11.9 Å². The van der Waals surface area contributed by atoms with Gasteiger partial charge in [-0.2, -0.15) is 0 Å². The Morgan fingerprint density at radius 2 is 1.67 bits per heavy atom. The van der Waals surface area contributed by atoms with Gasteiger partial charge in [0.1, 0.15) is 11.5 Å². The lowest BCUT2D eigenvalue weighted by atomic mass is 9.86. The van der Waals surface area contributed by atoms with Crippen LogP contribution in [0.2, 0.25) is 0 Å². The number of nitrogens with zero attached hydrogens (tertiary/aromatic N) is 3. The second-order valence-corrected chi connectivity index (χ2v) is 12.8. The standard InChI is InChI=1S/C38H48N4O4/c39-38-40-35-17-16-34(46-33-14-8-3-9-15-33)26-31(35)27-42(38)36(30-20-23-44-24-21-30)18-19-37(43)41(32-12-6-2-7-13-32)22-25-45-28-29-10-4-1-5-11-29/h1,3-5,8-11,14-17,26,30,32,36H,2,6-7,12-13,18-25,27-28H2,(H2,39,40). The topological polar surface area (TPSA) is 89.6 Å². The monoisotopic (exact) mass is 624 g/mol. The van der Waals surface area contributed by atoms with E-state index in [0.717, 1.165) is 73.6 Å². The van der Waals surface area contributed by atoms with E-state index in [4.69, 9.17) is 24.9 Å². The van der Waals surface area contributed by atoms with Gasteiger partial charge in [-0.25, -0.2) is 4.99 Å². The molecular weight excluding hydrogens is 576 g/mol. The van der Waals surface area contributed by atoms with Crippen molar-refractivity contribution in [1.29, 1.82) is 0 Å². The van der Waals surface area contributed by atoms with Crippen LogP contribution in [-0.4, -0.2) is 60.1 Å². The summed E-state index contributed by atoms with van der Waals surface area (Å²) in [6.07, 6.45) is 8.86. The molecule has 0 spiro atoms. The van der Waals surface area contributed by atoms with Gasteiger partial charge in [0.25, 0.3) is 0 Å². The Morgan fingerprint density at radius 1 is 0.935 bits per heavy atom. The predicted molar refractivity (Wildman–Crippen MR) is 181 cm³/mol. The van der Waals surface area contributed by atoms with E-state index in [2.05, 4.69) is 28.0 Å². The van der Waals surface area contributed by atoms with Crippen LogP contribution in [0.3, 0.4) is 0 Å². The maximum atomic E-state index is 14.0. The molecule has 1 saturated heterocycles. The summed E-state index contributed by atoms with van der Waals surface area (Å²) in [4.78, 5) is 23.2. The van der Waals surface area contributed by atoms with Crippen molar-refractivity contribution >= 4 is 17.6 Å². The molecule has 0 aromatic heterocycles. The first kappa shape index (κ1) is 32.1. The van der Waals surface area contributed by atoms with Gasteiger partial charge in [0.15, 0.2) is 5.96 Å². The molecule has 46 heavy (non-hydrogen) atoms. The van der Waals surface area contributed by atoms with Gasteiger partial charge in [-0.3, -0.25) is 4.79 Å². The van der Waals surface area contributed by atoms with Gasteiger partial charge in [-0.05, 0) is 73.9 Å². The second-order valence-electron chi connectivity index (χ2n) is 12.8. The summed E-state index contributed by atoms with van der Waals surface area (Å²) in [5.41, 5.74) is 9.77. The number of aliphatic imine (C=N–C) groups is 1. The molecule has 2 heterocycles. The molecule has 1 atom stereocenters. The molecule has 2 N–H and O–H groups in total. The maximum absolute atomic E-state index is 14.0. The zero-order valence-corrected chi connectivity index (χ0v) is 26.9. The molecule has 244 valence electrons. The van der Waals surface area contributed by atoms with Gasteiger partial charge in [-0.1, -0.05) is 67.8 Å². The molecule has 1 unspecified atom stereocenters. The van der Waals surface area contributed by atoms with Gasteiger partial charge in [0.2, 0.25) is 5.91 Å². The van der Waals surface area contributed by atoms with E-state index in [0.29, 0.717) is 50.6 Å². The van der Waals surface area contributed by atoms with E-state index < -0.39 is 0 Å². The number of carbonyl (C=O) groups is 1. The number of carbonyl (C=O) groups excluding carboxylic acids is 1. The van der Waals surface area contributed by atoms with Crippen LogP contribution in [0.5, 0.6) is 11.5 Å². The molecule has 8 nitrogen and oxygen atoms in total. The normalized spacial score (nSPS) is 18.0. The summed E-state index contributed by atoms with van der Waals surface area (Å²) < 4.78 is 17.9. The highest BCUT2D eigenvalue weighted by Gasteiger charge is 2.34. The van der Waals surface area contributed by atoms with Crippen molar-refractivity contribution in [1.82, 2.24) is 9.80 Å². The van der Waals surface area contributed by atoms with Crippen molar-refractivity contribution in [2.24, 2.45) is 16.6 Å². The molecule has 3 aromatic rings. The molecule has 2 aliphatic heterocycles. The molecule has 6 rings (SSSR count). The number of nitrogens with two attached hydrogens (primary N) is 1. The Labute approximate surface area is 273 Å². The first-order valence-corrected chi connectivity index (χ1v) is 17.1. The summed E-state index contributed by atoms with van der Waals surface area (Å²) in [7, 11) is 0. The molecule has 1 amide bonds. The fraction of sp³-hybridized carbons (Fsp3) is 0.474. The Balaban J connectivity index is 1.14. The summed E-state index contributed by atoms with van der Waals surface area (Å²) in [5, 5.41) is 0. The molecule has 8 heteroatoms. The summed E-state index contributed by atoms with van der Waals surface area (Å²) in [6, 6.07) is 26.4. The van der Waals surface area contributed by atoms with Crippen LogP contribution in [0.15, 0.2) is 83.9 Å². The molecule has 1 saturated carbocycles. The Kier molecular flexibility index (Phi) is 11.2. The number of guanidine groups is 1. The average molecular weight is 625 g/mol. The van der Waals surface area contributed by atoms with Crippen molar-refractivity contribution in [3.05, 3.63) is 90.0 Å². The summed E-state index contributed by atoms with van der Waals surface area (Å²) in [6.45, 7) is 3.83. The molecule has 0 bridgehead atoms. The van der Waals surface area contributed by atoms with Crippen molar-refractivity contribution in [2.75, 3.05) is 26.4 Å². The average Bonchev–Trinajstić information content (AvgIpc) is 3.10. The third-order valence-corrected chi connectivity index (χ3v) is 9.69. The third kappa shape index (κ3) is 8.47. The largest absolute Gasteiger partial charge is 0.457 e. The van der Waals surface area contributed by atoms with Crippen molar-refractivity contribution < 1.29 is 19.0 Å². The highest BCUT2D eigenvalue weighted by atomic mass is 16.5. The fourth-order valence-corrected chi connectivity index (χ4v) is 7.22. The lowest BCUT2D eigenvalue weighted by Gasteiger charge is -2.41. The number of amides is 1. The number of benzene rings is 3. The Bertz CT molecular complexity index is 1420. The Morgan fingerprint density at radius 3 is 2.43 bits per heavy atom. The summed E-state index contributed by atoms with van der Waals surface area (Å²) in [5.74, 6) is 2.68. The number of hydrogen-bond acceptors (Lipinski definition) is 7. The predicted octanol–water partition coefficient (Wildman–Crippen LogP) is 7.19. The van der Waals surface area contributed by atoms with Gasteiger partial charge < -0.3 is 29.7 Å². The van der Waals surface area contributed by atoms with Crippen LogP contribution in [0.25, 0.3) is 0 Å². The number of para-hydroxylation sites is 1. The molecule has 3 aliphatic rings. The van der Waals surface area contributed by atoms with Crippen LogP contribution in [0.4, 0.5) is 5.69 Å². The van der Waals surface area contributed by atoms with Crippen LogP contribution in [0.1, 0.15) is 68.9 Å². The smallest absolute Gasteiger partial charge is 0.222 e. The van der Waals surface area contributed by atoms with Crippen LogP contribution >= 0.6 is 0 Å². The molecule has 1 aliphatic carbocycles. The molecule has 2 fully saturated rings.